The molecule has 5 heteroatoms. The van der Waals surface area contributed by atoms with Crippen molar-refractivity contribution in [1.82, 2.24) is 25.0 Å². The molecule has 0 fully saturated rings. The average Bonchev–Trinajstić information content (AvgIpc) is 3.66. The van der Waals surface area contributed by atoms with Crippen molar-refractivity contribution in [3.63, 3.8) is 0 Å². The van der Waals surface area contributed by atoms with E-state index in [2.05, 4.69) is 184 Å². The van der Waals surface area contributed by atoms with E-state index in [1.54, 1.807) is 0 Å². The highest BCUT2D eigenvalue weighted by atomic mass is 15.3. The first-order valence-corrected chi connectivity index (χ1v) is 17.6. The minimum absolute atomic E-state index is 0.144. The van der Waals surface area contributed by atoms with E-state index in [0.717, 1.165) is 22.4 Å². The molecule has 2 heterocycles. The quantitative estimate of drug-likeness (QED) is 0.183. The van der Waals surface area contributed by atoms with Crippen molar-refractivity contribution < 1.29 is 0 Å². The topological polar surface area (TPSA) is 56.5 Å². The van der Waals surface area contributed by atoms with Gasteiger partial charge in [0, 0.05) is 27.4 Å². The number of benzene rings is 7. The Hall–Kier alpha value is -6.72. The Morgan fingerprint density at radius 3 is 1.77 bits per heavy atom. The standard InChI is InChI=1S/C47H33N5/c1-47(2)42-24-22-33(37-16-4-3-15-36(37)32-12-9-13-34(25-32)46-50-48-29-49-51-46)27-41(42)38-23-21-31(28-43(38)47)30-11-10-14-35(26-30)52-44-19-7-5-17-39(44)40-18-6-8-20-45(40)52/h3-29H,1-2H3. The highest BCUT2D eigenvalue weighted by molar-refractivity contribution is 6.09. The second-order valence-corrected chi connectivity index (χ2v) is 14.1. The molecular weight excluding hydrogens is 635 g/mol. The summed E-state index contributed by atoms with van der Waals surface area (Å²) in [7, 11) is 0. The molecule has 9 aromatic rings. The highest BCUT2D eigenvalue weighted by Crippen LogP contribution is 2.51. The Labute approximate surface area is 301 Å². The summed E-state index contributed by atoms with van der Waals surface area (Å²) in [6.45, 7) is 4.70. The van der Waals surface area contributed by atoms with E-state index in [1.165, 1.54) is 72.6 Å². The molecular formula is C47H33N5. The van der Waals surface area contributed by atoms with Gasteiger partial charge in [-0.3, -0.25) is 0 Å². The fourth-order valence-corrected chi connectivity index (χ4v) is 8.26. The van der Waals surface area contributed by atoms with E-state index in [9.17, 15) is 0 Å². The summed E-state index contributed by atoms with van der Waals surface area (Å²) in [5, 5.41) is 18.7. The minimum Gasteiger partial charge on any atom is -0.309 e. The molecule has 0 unspecified atom stereocenters. The lowest BCUT2D eigenvalue weighted by molar-refractivity contribution is 0.660. The minimum atomic E-state index is -0.144. The van der Waals surface area contributed by atoms with Gasteiger partial charge in [0.2, 0.25) is 5.82 Å². The Kier molecular flexibility index (Phi) is 6.77. The normalized spacial score (nSPS) is 13.0. The van der Waals surface area contributed by atoms with E-state index in [1.807, 2.05) is 12.1 Å². The van der Waals surface area contributed by atoms with Crippen LogP contribution in [0.5, 0.6) is 0 Å². The molecule has 0 radical (unpaired) electrons. The molecule has 0 aliphatic heterocycles. The van der Waals surface area contributed by atoms with Gasteiger partial charge in [0.1, 0.15) is 0 Å². The van der Waals surface area contributed by atoms with Gasteiger partial charge in [-0.2, -0.15) is 0 Å². The van der Waals surface area contributed by atoms with E-state index in [-0.39, 0.29) is 5.41 Å². The zero-order valence-corrected chi connectivity index (χ0v) is 28.8. The van der Waals surface area contributed by atoms with Gasteiger partial charge in [-0.25, -0.2) is 0 Å². The third-order valence-corrected chi connectivity index (χ3v) is 10.8. The summed E-state index contributed by atoms with van der Waals surface area (Å²) in [6.07, 6.45) is 1.35. The Bertz CT molecular complexity index is 2780. The largest absolute Gasteiger partial charge is 0.309 e. The van der Waals surface area contributed by atoms with E-state index in [4.69, 9.17) is 0 Å². The van der Waals surface area contributed by atoms with Gasteiger partial charge < -0.3 is 4.57 Å². The molecule has 7 aromatic carbocycles. The number of hydrogen-bond acceptors (Lipinski definition) is 4. The zero-order chi connectivity index (χ0) is 34.8. The SMILES string of the molecule is CC1(C)c2ccc(-c3ccccc3-c3cccc(-c4nncnn4)c3)cc2-c2ccc(-c3cccc(-n4c5ccccc5c5ccccc54)c3)cc21. The molecule has 246 valence electrons. The second kappa shape index (κ2) is 11.7. The van der Waals surface area contributed by atoms with Crippen LogP contribution < -0.4 is 0 Å². The van der Waals surface area contributed by atoms with Crippen molar-refractivity contribution >= 4 is 21.8 Å². The summed E-state index contributed by atoms with van der Waals surface area (Å²) in [5.74, 6) is 0.510. The van der Waals surface area contributed by atoms with Crippen LogP contribution in [0.15, 0.2) is 164 Å². The maximum atomic E-state index is 4.18. The van der Waals surface area contributed by atoms with Crippen LogP contribution in [-0.4, -0.2) is 25.0 Å². The lowest BCUT2D eigenvalue weighted by Crippen LogP contribution is -2.15. The molecule has 10 rings (SSSR count). The van der Waals surface area contributed by atoms with Gasteiger partial charge >= 0.3 is 0 Å². The molecule has 1 aliphatic rings. The van der Waals surface area contributed by atoms with Crippen LogP contribution in [0.25, 0.3) is 83.4 Å². The van der Waals surface area contributed by atoms with Gasteiger partial charge in [0.25, 0.3) is 0 Å². The fourth-order valence-electron chi connectivity index (χ4n) is 8.26. The lowest BCUT2D eigenvalue weighted by atomic mass is 9.81. The van der Waals surface area contributed by atoms with Gasteiger partial charge in [-0.05, 0) is 98.1 Å². The fraction of sp³-hybridized carbons (Fsp3) is 0.0638. The van der Waals surface area contributed by atoms with Crippen molar-refractivity contribution in [2.45, 2.75) is 19.3 Å². The van der Waals surface area contributed by atoms with Gasteiger partial charge in [0.05, 0.1) is 11.0 Å². The molecule has 2 aromatic heterocycles. The predicted octanol–water partition coefficient (Wildman–Crippen LogP) is 11.3. The van der Waals surface area contributed by atoms with Crippen molar-refractivity contribution in [3.05, 3.63) is 175 Å². The Morgan fingerprint density at radius 2 is 1.02 bits per heavy atom. The molecule has 0 bridgehead atoms. The number of nitrogens with zero attached hydrogens (tertiary/aromatic N) is 5. The maximum Gasteiger partial charge on any atom is 0.203 e. The average molecular weight is 668 g/mol. The molecule has 5 nitrogen and oxygen atoms in total. The first kappa shape index (κ1) is 30.1. The molecule has 0 N–H and O–H groups in total. The summed E-state index contributed by atoms with van der Waals surface area (Å²) in [4.78, 5) is 0. The third-order valence-electron chi connectivity index (χ3n) is 10.8. The summed E-state index contributed by atoms with van der Waals surface area (Å²) in [5.41, 5.74) is 16.7. The first-order chi connectivity index (χ1) is 25.5. The van der Waals surface area contributed by atoms with Crippen molar-refractivity contribution in [3.8, 4) is 61.6 Å². The third kappa shape index (κ3) is 4.70. The molecule has 0 amide bonds. The van der Waals surface area contributed by atoms with Crippen LogP contribution in [0.2, 0.25) is 0 Å². The number of hydrogen-bond donors (Lipinski definition) is 0. The number of aromatic nitrogens is 5. The number of para-hydroxylation sites is 2. The lowest BCUT2D eigenvalue weighted by Gasteiger charge is -2.22. The Morgan fingerprint density at radius 1 is 0.423 bits per heavy atom. The van der Waals surface area contributed by atoms with Crippen molar-refractivity contribution in [2.75, 3.05) is 0 Å². The molecule has 0 spiro atoms. The summed E-state index contributed by atoms with van der Waals surface area (Å²) < 4.78 is 2.39. The van der Waals surface area contributed by atoms with Crippen molar-refractivity contribution in [1.29, 1.82) is 0 Å². The zero-order valence-electron chi connectivity index (χ0n) is 28.8. The maximum absolute atomic E-state index is 4.18. The first-order valence-electron chi connectivity index (χ1n) is 17.6. The van der Waals surface area contributed by atoms with Crippen LogP contribution in [0.4, 0.5) is 0 Å². The van der Waals surface area contributed by atoms with Crippen LogP contribution in [0, 0.1) is 0 Å². The van der Waals surface area contributed by atoms with Gasteiger partial charge in [0.15, 0.2) is 6.33 Å². The van der Waals surface area contributed by atoms with Crippen LogP contribution in [0.3, 0.4) is 0 Å². The van der Waals surface area contributed by atoms with E-state index < -0.39 is 0 Å². The molecule has 0 atom stereocenters. The predicted molar refractivity (Wildman–Crippen MR) is 211 cm³/mol. The molecule has 0 saturated carbocycles. The molecule has 1 aliphatic carbocycles. The van der Waals surface area contributed by atoms with Gasteiger partial charge in [-0.15, -0.1) is 20.4 Å². The monoisotopic (exact) mass is 667 g/mol. The van der Waals surface area contributed by atoms with Crippen LogP contribution in [-0.2, 0) is 5.41 Å². The Balaban J connectivity index is 1.04. The summed E-state index contributed by atoms with van der Waals surface area (Å²) in [6, 6.07) is 57.2. The smallest absolute Gasteiger partial charge is 0.203 e. The molecule has 0 saturated heterocycles. The summed E-state index contributed by atoms with van der Waals surface area (Å²) >= 11 is 0. The van der Waals surface area contributed by atoms with Gasteiger partial charge in [-0.1, -0.05) is 129 Å². The number of fused-ring (bicyclic) bond motifs is 6. The van der Waals surface area contributed by atoms with E-state index in [0.29, 0.717) is 5.82 Å². The van der Waals surface area contributed by atoms with E-state index >= 15 is 0 Å². The van der Waals surface area contributed by atoms with Crippen LogP contribution >= 0.6 is 0 Å². The van der Waals surface area contributed by atoms with Crippen LogP contribution in [0.1, 0.15) is 25.0 Å². The second-order valence-electron chi connectivity index (χ2n) is 14.1. The molecule has 52 heavy (non-hydrogen) atoms. The highest BCUT2D eigenvalue weighted by Gasteiger charge is 2.36. The van der Waals surface area contributed by atoms with Crippen molar-refractivity contribution in [2.24, 2.45) is 0 Å². The number of rotatable bonds is 5.